The van der Waals surface area contributed by atoms with Crippen LogP contribution < -0.4 is 0 Å². The number of benzene rings is 1. The molecule has 1 aliphatic heterocycles. The zero-order chi connectivity index (χ0) is 13.9. The van der Waals surface area contributed by atoms with Crippen LogP contribution in [0.25, 0.3) is 5.69 Å². The highest BCUT2D eigenvalue weighted by atomic mass is 16.5. The minimum Gasteiger partial charge on any atom is -0.372 e. The van der Waals surface area contributed by atoms with Gasteiger partial charge in [-0.05, 0) is 37.0 Å². The van der Waals surface area contributed by atoms with Crippen molar-refractivity contribution in [1.82, 2.24) is 15.0 Å². The zero-order valence-corrected chi connectivity index (χ0v) is 11.5. The lowest BCUT2D eigenvalue weighted by molar-refractivity contribution is 0.102. The summed E-state index contributed by atoms with van der Waals surface area (Å²) in [4.78, 5) is 11.2. The quantitative estimate of drug-likeness (QED) is 0.802. The van der Waals surface area contributed by atoms with Crippen LogP contribution in [0.2, 0.25) is 0 Å². The molecular weight excluding hydrogens is 254 g/mol. The average molecular weight is 271 g/mol. The minimum absolute atomic E-state index is 0.0870. The maximum Gasteiger partial charge on any atom is 0.172 e. The van der Waals surface area contributed by atoms with E-state index in [0.29, 0.717) is 5.69 Å². The van der Waals surface area contributed by atoms with Crippen LogP contribution >= 0.6 is 0 Å². The van der Waals surface area contributed by atoms with Crippen LogP contribution in [-0.2, 0) is 11.2 Å². The molecule has 2 aromatic rings. The van der Waals surface area contributed by atoms with Crippen LogP contribution in [0.1, 0.15) is 47.6 Å². The topological polar surface area (TPSA) is 57.0 Å². The van der Waals surface area contributed by atoms with Crippen LogP contribution in [0.5, 0.6) is 0 Å². The maximum absolute atomic E-state index is 11.2. The van der Waals surface area contributed by atoms with E-state index in [-0.39, 0.29) is 6.10 Å². The Morgan fingerprint density at radius 3 is 2.80 bits per heavy atom. The van der Waals surface area contributed by atoms with E-state index in [1.807, 2.05) is 12.1 Å². The highest BCUT2D eigenvalue weighted by Gasteiger charge is 2.26. The van der Waals surface area contributed by atoms with Gasteiger partial charge in [-0.15, -0.1) is 5.10 Å². The van der Waals surface area contributed by atoms with Gasteiger partial charge in [0, 0.05) is 6.61 Å². The molecule has 0 N–H and O–H groups in total. The van der Waals surface area contributed by atoms with Gasteiger partial charge in [0.1, 0.15) is 11.8 Å². The van der Waals surface area contributed by atoms with Gasteiger partial charge in [0.15, 0.2) is 12.0 Å². The SMILES string of the molecule is CCc1ccc(-n2nnc(C=O)c2C2CCCO2)cc1. The summed E-state index contributed by atoms with van der Waals surface area (Å²) >= 11 is 0. The van der Waals surface area contributed by atoms with Crippen LogP contribution in [0.15, 0.2) is 24.3 Å². The molecule has 104 valence electrons. The fourth-order valence-electron chi connectivity index (χ4n) is 2.54. The number of aryl methyl sites for hydroxylation is 1. The zero-order valence-electron chi connectivity index (χ0n) is 11.5. The van der Waals surface area contributed by atoms with Gasteiger partial charge in [-0.25, -0.2) is 4.68 Å². The summed E-state index contributed by atoms with van der Waals surface area (Å²) in [6.07, 6.45) is 3.57. The predicted octanol–water partition coefficient (Wildman–Crippen LogP) is 2.49. The van der Waals surface area contributed by atoms with E-state index < -0.39 is 0 Å². The predicted molar refractivity (Wildman–Crippen MR) is 74.1 cm³/mol. The molecule has 1 saturated heterocycles. The Hall–Kier alpha value is -2.01. The molecule has 0 radical (unpaired) electrons. The van der Waals surface area contributed by atoms with Crippen LogP contribution in [0.4, 0.5) is 0 Å². The summed E-state index contributed by atoms with van der Waals surface area (Å²) in [7, 11) is 0. The van der Waals surface area contributed by atoms with E-state index in [9.17, 15) is 4.79 Å². The first-order valence-corrected chi connectivity index (χ1v) is 6.95. The number of aromatic nitrogens is 3. The highest BCUT2D eigenvalue weighted by Crippen LogP contribution is 2.31. The second-order valence-corrected chi connectivity index (χ2v) is 4.91. The van der Waals surface area contributed by atoms with Gasteiger partial charge >= 0.3 is 0 Å². The number of carbonyl (C=O) groups is 1. The minimum atomic E-state index is -0.0870. The van der Waals surface area contributed by atoms with Gasteiger partial charge in [0.05, 0.1) is 5.69 Å². The molecule has 1 aliphatic rings. The van der Waals surface area contributed by atoms with E-state index in [0.717, 1.165) is 43.5 Å². The van der Waals surface area contributed by atoms with Gasteiger partial charge in [-0.1, -0.05) is 24.3 Å². The number of carbonyl (C=O) groups excluding carboxylic acids is 1. The van der Waals surface area contributed by atoms with E-state index in [1.165, 1.54) is 5.56 Å². The van der Waals surface area contributed by atoms with Crippen molar-refractivity contribution in [2.45, 2.75) is 32.3 Å². The largest absolute Gasteiger partial charge is 0.372 e. The molecule has 5 heteroatoms. The molecular formula is C15H17N3O2. The van der Waals surface area contributed by atoms with Crippen molar-refractivity contribution in [3.8, 4) is 5.69 Å². The molecule has 1 aromatic heterocycles. The van der Waals surface area contributed by atoms with Crippen molar-refractivity contribution in [3.63, 3.8) is 0 Å². The smallest absolute Gasteiger partial charge is 0.172 e. The molecule has 1 aromatic carbocycles. The third kappa shape index (κ3) is 2.25. The summed E-state index contributed by atoms with van der Waals surface area (Å²) in [5.41, 5.74) is 3.31. The Morgan fingerprint density at radius 1 is 1.40 bits per heavy atom. The molecule has 1 atom stereocenters. The van der Waals surface area contributed by atoms with Gasteiger partial charge in [0.25, 0.3) is 0 Å². The second-order valence-electron chi connectivity index (χ2n) is 4.91. The molecule has 1 unspecified atom stereocenters. The highest BCUT2D eigenvalue weighted by molar-refractivity contribution is 5.73. The fraction of sp³-hybridized carbons (Fsp3) is 0.400. The van der Waals surface area contributed by atoms with Gasteiger partial charge < -0.3 is 4.74 Å². The van der Waals surface area contributed by atoms with Crippen molar-refractivity contribution in [2.75, 3.05) is 6.61 Å². The molecule has 1 fully saturated rings. The third-order valence-electron chi connectivity index (χ3n) is 3.67. The molecule has 0 saturated carbocycles. The molecule has 2 heterocycles. The Morgan fingerprint density at radius 2 is 2.20 bits per heavy atom. The number of hydrogen-bond acceptors (Lipinski definition) is 4. The average Bonchev–Trinajstić information content (AvgIpc) is 3.15. The van der Waals surface area contributed by atoms with Crippen molar-refractivity contribution >= 4 is 6.29 Å². The Kier molecular flexibility index (Phi) is 3.60. The first kappa shape index (κ1) is 13.0. The summed E-state index contributed by atoms with van der Waals surface area (Å²) in [5, 5.41) is 8.08. The van der Waals surface area contributed by atoms with Crippen molar-refractivity contribution in [1.29, 1.82) is 0 Å². The molecule has 20 heavy (non-hydrogen) atoms. The maximum atomic E-state index is 11.2. The van der Waals surface area contributed by atoms with E-state index in [4.69, 9.17) is 4.74 Å². The molecule has 5 nitrogen and oxygen atoms in total. The fourth-order valence-corrected chi connectivity index (χ4v) is 2.54. The molecule has 0 spiro atoms. The molecule has 0 aliphatic carbocycles. The molecule has 0 bridgehead atoms. The monoisotopic (exact) mass is 271 g/mol. The van der Waals surface area contributed by atoms with Crippen molar-refractivity contribution in [3.05, 3.63) is 41.2 Å². The first-order chi connectivity index (χ1) is 9.83. The first-order valence-electron chi connectivity index (χ1n) is 6.95. The number of nitrogens with zero attached hydrogens (tertiary/aromatic N) is 3. The lowest BCUT2D eigenvalue weighted by Crippen LogP contribution is -2.09. The molecule has 3 rings (SSSR count). The van der Waals surface area contributed by atoms with Gasteiger partial charge in [-0.3, -0.25) is 4.79 Å². The lowest BCUT2D eigenvalue weighted by Gasteiger charge is -2.12. The summed E-state index contributed by atoms with van der Waals surface area (Å²) in [5.74, 6) is 0. The van der Waals surface area contributed by atoms with Crippen LogP contribution in [-0.4, -0.2) is 27.9 Å². The summed E-state index contributed by atoms with van der Waals surface area (Å²) in [6.45, 7) is 2.84. The molecule has 0 amide bonds. The van der Waals surface area contributed by atoms with Gasteiger partial charge in [0.2, 0.25) is 0 Å². The Bertz CT molecular complexity index is 598. The third-order valence-corrected chi connectivity index (χ3v) is 3.67. The number of hydrogen-bond donors (Lipinski definition) is 0. The van der Waals surface area contributed by atoms with E-state index in [2.05, 4.69) is 29.4 Å². The van der Waals surface area contributed by atoms with Crippen molar-refractivity contribution in [2.24, 2.45) is 0 Å². The van der Waals surface area contributed by atoms with Crippen molar-refractivity contribution < 1.29 is 9.53 Å². The Balaban J connectivity index is 2.03. The number of rotatable bonds is 4. The van der Waals surface area contributed by atoms with E-state index >= 15 is 0 Å². The summed E-state index contributed by atoms with van der Waals surface area (Å²) < 4.78 is 7.41. The standard InChI is InChI=1S/C15H17N3O2/c1-2-11-5-7-12(8-6-11)18-15(13(10-19)16-17-18)14-4-3-9-20-14/h5-8,10,14H,2-4,9H2,1H3. The normalized spacial score (nSPS) is 18.4. The number of aldehydes is 1. The Labute approximate surface area is 117 Å². The number of ether oxygens (including phenoxy) is 1. The summed E-state index contributed by atoms with van der Waals surface area (Å²) in [6, 6.07) is 8.13. The van der Waals surface area contributed by atoms with Crippen LogP contribution in [0.3, 0.4) is 0 Å². The van der Waals surface area contributed by atoms with Crippen LogP contribution in [0, 0.1) is 0 Å². The second kappa shape index (κ2) is 5.54. The lowest BCUT2D eigenvalue weighted by atomic mass is 10.1. The van der Waals surface area contributed by atoms with E-state index in [1.54, 1.807) is 4.68 Å². The van der Waals surface area contributed by atoms with Gasteiger partial charge in [-0.2, -0.15) is 0 Å².